The Labute approximate surface area is 162 Å². The van der Waals surface area contributed by atoms with Crippen LogP contribution in [0.25, 0.3) is 0 Å². The molecule has 0 N–H and O–H groups in total. The second kappa shape index (κ2) is 9.77. The standard InChI is InChI=1S/C22H32N2O3/c1-27-20-11-6-5-10-19(20)22(26)24-15-7-14-23(16-17-24)21(25)13-12-18-8-3-2-4-9-18/h5-6,10-11,18H,2-4,7-9,12-17H2,1H3. The Morgan fingerprint density at radius 2 is 1.67 bits per heavy atom. The molecule has 1 aliphatic carbocycles. The first-order chi connectivity index (χ1) is 13.2. The number of carbonyl (C=O) groups excluding carboxylic acids is 2. The minimum absolute atomic E-state index is 0.0102. The maximum Gasteiger partial charge on any atom is 0.257 e. The van der Waals surface area contributed by atoms with Gasteiger partial charge in [-0.05, 0) is 30.9 Å². The molecule has 1 aliphatic heterocycles. The molecule has 27 heavy (non-hydrogen) atoms. The molecule has 1 aromatic carbocycles. The van der Waals surface area contributed by atoms with Crippen molar-refractivity contribution in [2.75, 3.05) is 33.3 Å². The Bertz CT molecular complexity index is 640. The molecule has 5 nitrogen and oxygen atoms in total. The quantitative estimate of drug-likeness (QED) is 0.791. The van der Waals surface area contributed by atoms with E-state index >= 15 is 0 Å². The highest BCUT2D eigenvalue weighted by molar-refractivity contribution is 5.97. The summed E-state index contributed by atoms with van der Waals surface area (Å²) in [7, 11) is 1.58. The van der Waals surface area contributed by atoms with E-state index in [1.54, 1.807) is 13.2 Å². The highest BCUT2D eigenvalue weighted by Crippen LogP contribution is 2.27. The third kappa shape index (κ3) is 5.24. The maximum atomic E-state index is 12.9. The first kappa shape index (κ1) is 19.7. The zero-order valence-corrected chi connectivity index (χ0v) is 16.5. The van der Waals surface area contributed by atoms with E-state index in [2.05, 4.69) is 0 Å². The van der Waals surface area contributed by atoms with Crippen LogP contribution in [0, 0.1) is 5.92 Å². The number of nitrogens with zero attached hydrogens (tertiary/aromatic N) is 2. The zero-order valence-electron chi connectivity index (χ0n) is 16.5. The van der Waals surface area contributed by atoms with Crippen LogP contribution in [-0.4, -0.2) is 54.9 Å². The highest BCUT2D eigenvalue weighted by Gasteiger charge is 2.25. The molecule has 0 atom stereocenters. The molecule has 2 aliphatic rings. The van der Waals surface area contributed by atoms with E-state index in [0.717, 1.165) is 25.3 Å². The summed E-state index contributed by atoms with van der Waals surface area (Å²) in [5.41, 5.74) is 0.595. The number of amides is 2. The van der Waals surface area contributed by atoms with E-state index in [9.17, 15) is 9.59 Å². The van der Waals surface area contributed by atoms with E-state index < -0.39 is 0 Å². The number of para-hydroxylation sites is 1. The molecule has 0 aromatic heterocycles. The Kier molecular flexibility index (Phi) is 7.13. The molecule has 1 heterocycles. The van der Waals surface area contributed by atoms with Crippen molar-refractivity contribution in [3.63, 3.8) is 0 Å². The lowest BCUT2D eigenvalue weighted by Crippen LogP contribution is -2.37. The molecule has 0 bridgehead atoms. The minimum atomic E-state index is -0.0102. The molecule has 148 valence electrons. The summed E-state index contributed by atoms with van der Waals surface area (Å²) >= 11 is 0. The molecule has 0 unspecified atom stereocenters. The Balaban J connectivity index is 1.52. The molecule has 2 amide bonds. The molecule has 2 fully saturated rings. The van der Waals surface area contributed by atoms with Gasteiger partial charge in [-0.15, -0.1) is 0 Å². The first-order valence-electron chi connectivity index (χ1n) is 10.4. The molecular weight excluding hydrogens is 340 g/mol. The molecule has 1 saturated carbocycles. The number of carbonyl (C=O) groups is 2. The number of benzene rings is 1. The molecular formula is C22H32N2O3. The van der Waals surface area contributed by atoms with Crippen molar-refractivity contribution in [1.82, 2.24) is 9.80 Å². The number of hydrogen-bond acceptors (Lipinski definition) is 3. The fourth-order valence-electron chi connectivity index (χ4n) is 4.32. The minimum Gasteiger partial charge on any atom is -0.496 e. The summed E-state index contributed by atoms with van der Waals surface area (Å²) in [6, 6.07) is 7.34. The Morgan fingerprint density at radius 3 is 2.44 bits per heavy atom. The molecule has 0 spiro atoms. The van der Waals surface area contributed by atoms with Crippen LogP contribution in [-0.2, 0) is 4.79 Å². The fraction of sp³-hybridized carbons (Fsp3) is 0.636. The normalized spacial score (nSPS) is 18.9. The summed E-state index contributed by atoms with van der Waals surface area (Å²) in [6.45, 7) is 2.65. The first-order valence-corrected chi connectivity index (χ1v) is 10.4. The summed E-state index contributed by atoms with van der Waals surface area (Å²) in [6.07, 6.45) is 9.08. The monoisotopic (exact) mass is 372 g/mol. The summed E-state index contributed by atoms with van der Waals surface area (Å²) < 4.78 is 5.33. The number of methoxy groups -OCH3 is 1. The Hall–Kier alpha value is -2.04. The van der Waals surface area contributed by atoms with Crippen LogP contribution in [0.1, 0.15) is 61.7 Å². The van der Waals surface area contributed by atoms with Gasteiger partial charge in [0.05, 0.1) is 12.7 Å². The van der Waals surface area contributed by atoms with Crippen molar-refractivity contribution >= 4 is 11.8 Å². The zero-order chi connectivity index (χ0) is 19.1. The van der Waals surface area contributed by atoms with E-state index in [4.69, 9.17) is 4.74 Å². The van der Waals surface area contributed by atoms with Gasteiger partial charge in [0, 0.05) is 32.6 Å². The van der Waals surface area contributed by atoms with Gasteiger partial charge in [0.1, 0.15) is 5.75 Å². The average Bonchev–Trinajstić information content (AvgIpc) is 2.98. The van der Waals surface area contributed by atoms with Gasteiger partial charge in [-0.3, -0.25) is 9.59 Å². The van der Waals surface area contributed by atoms with Crippen molar-refractivity contribution in [2.45, 2.75) is 51.4 Å². The van der Waals surface area contributed by atoms with Gasteiger partial charge >= 0.3 is 0 Å². The van der Waals surface area contributed by atoms with Gasteiger partial charge in [-0.1, -0.05) is 44.2 Å². The third-order valence-corrected chi connectivity index (χ3v) is 5.96. The lowest BCUT2D eigenvalue weighted by molar-refractivity contribution is -0.131. The summed E-state index contributed by atoms with van der Waals surface area (Å²) in [5.74, 6) is 1.58. The van der Waals surface area contributed by atoms with E-state index in [0.29, 0.717) is 37.4 Å². The van der Waals surface area contributed by atoms with E-state index in [1.165, 1.54) is 32.1 Å². The van der Waals surface area contributed by atoms with Crippen LogP contribution in [0.2, 0.25) is 0 Å². The van der Waals surface area contributed by atoms with Crippen molar-refractivity contribution < 1.29 is 14.3 Å². The van der Waals surface area contributed by atoms with Crippen LogP contribution in [0.3, 0.4) is 0 Å². The number of rotatable bonds is 5. The van der Waals surface area contributed by atoms with E-state index in [-0.39, 0.29) is 11.8 Å². The van der Waals surface area contributed by atoms with Crippen molar-refractivity contribution in [1.29, 1.82) is 0 Å². The van der Waals surface area contributed by atoms with Crippen LogP contribution < -0.4 is 4.74 Å². The van der Waals surface area contributed by atoms with Crippen LogP contribution >= 0.6 is 0 Å². The second-order valence-electron chi connectivity index (χ2n) is 7.77. The van der Waals surface area contributed by atoms with Crippen molar-refractivity contribution in [3.8, 4) is 5.75 Å². The van der Waals surface area contributed by atoms with Gasteiger partial charge in [0.2, 0.25) is 5.91 Å². The fourth-order valence-corrected chi connectivity index (χ4v) is 4.32. The second-order valence-corrected chi connectivity index (χ2v) is 7.77. The highest BCUT2D eigenvalue weighted by atomic mass is 16.5. The molecule has 0 radical (unpaired) electrons. The van der Waals surface area contributed by atoms with Crippen LogP contribution in [0.4, 0.5) is 0 Å². The summed E-state index contributed by atoms with van der Waals surface area (Å²) in [4.78, 5) is 29.3. The maximum absolute atomic E-state index is 12.9. The summed E-state index contributed by atoms with van der Waals surface area (Å²) in [5, 5.41) is 0. The van der Waals surface area contributed by atoms with Crippen molar-refractivity contribution in [3.05, 3.63) is 29.8 Å². The predicted octanol–water partition coefficient (Wildman–Crippen LogP) is 3.73. The van der Waals surface area contributed by atoms with Gasteiger partial charge in [-0.2, -0.15) is 0 Å². The topological polar surface area (TPSA) is 49.9 Å². The third-order valence-electron chi connectivity index (χ3n) is 5.96. The lowest BCUT2D eigenvalue weighted by atomic mass is 9.86. The van der Waals surface area contributed by atoms with Crippen LogP contribution in [0.15, 0.2) is 24.3 Å². The number of ether oxygens (including phenoxy) is 1. The number of hydrogen-bond donors (Lipinski definition) is 0. The largest absolute Gasteiger partial charge is 0.496 e. The Morgan fingerprint density at radius 1 is 0.963 bits per heavy atom. The SMILES string of the molecule is COc1ccccc1C(=O)N1CCCN(C(=O)CCC2CCCCC2)CC1. The molecule has 1 saturated heterocycles. The van der Waals surface area contributed by atoms with Gasteiger partial charge in [0.25, 0.3) is 5.91 Å². The smallest absolute Gasteiger partial charge is 0.257 e. The molecule has 5 heteroatoms. The lowest BCUT2D eigenvalue weighted by Gasteiger charge is -2.25. The predicted molar refractivity (Wildman–Crippen MR) is 106 cm³/mol. The van der Waals surface area contributed by atoms with Crippen LogP contribution in [0.5, 0.6) is 5.75 Å². The van der Waals surface area contributed by atoms with Gasteiger partial charge in [-0.25, -0.2) is 0 Å². The van der Waals surface area contributed by atoms with Crippen molar-refractivity contribution in [2.24, 2.45) is 5.92 Å². The van der Waals surface area contributed by atoms with Gasteiger partial charge < -0.3 is 14.5 Å². The van der Waals surface area contributed by atoms with E-state index in [1.807, 2.05) is 28.0 Å². The molecule has 1 aromatic rings. The average molecular weight is 373 g/mol. The van der Waals surface area contributed by atoms with Gasteiger partial charge in [0.15, 0.2) is 0 Å². The molecule has 3 rings (SSSR count).